The third kappa shape index (κ3) is 3.51. The Balaban J connectivity index is 2.35. The zero-order valence-electron chi connectivity index (χ0n) is 10.5. The molecule has 98 valence electrons. The van der Waals surface area contributed by atoms with Crippen LogP contribution in [0.15, 0.2) is 45.5 Å². The van der Waals surface area contributed by atoms with Crippen LogP contribution in [-0.2, 0) is 6.42 Å². The number of ketones is 1. The van der Waals surface area contributed by atoms with Crippen LogP contribution < -0.4 is 0 Å². The summed E-state index contributed by atoms with van der Waals surface area (Å²) in [4.78, 5) is 16.6. The number of hydrogen-bond acceptors (Lipinski definition) is 2. The van der Waals surface area contributed by atoms with Crippen molar-refractivity contribution in [2.24, 2.45) is 0 Å². The maximum Gasteiger partial charge on any atom is 0.212 e. The highest BCUT2D eigenvalue weighted by Crippen LogP contribution is 2.22. The predicted octanol–water partition coefficient (Wildman–Crippen LogP) is 4.79. The van der Waals surface area contributed by atoms with Crippen molar-refractivity contribution in [1.29, 1.82) is 0 Å². The SMILES string of the molecule is CCCc1cccc(C(=O)c2ncc(Br)cc2Br)c1. The van der Waals surface area contributed by atoms with E-state index in [2.05, 4.69) is 43.8 Å². The molecule has 0 radical (unpaired) electrons. The number of aryl methyl sites for hydroxylation is 1. The zero-order valence-corrected chi connectivity index (χ0v) is 13.7. The summed E-state index contributed by atoms with van der Waals surface area (Å²) in [6, 6.07) is 9.57. The maximum atomic E-state index is 12.4. The van der Waals surface area contributed by atoms with Gasteiger partial charge in [0.05, 0.1) is 0 Å². The lowest BCUT2D eigenvalue weighted by Gasteiger charge is -2.05. The Hall–Kier alpha value is -1.000. The van der Waals surface area contributed by atoms with Crippen molar-refractivity contribution < 1.29 is 4.79 Å². The summed E-state index contributed by atoms with van der Waals surface area (Å²) >= 11 is 6.71. The van der Waals surface area contributed by atoms with Gasteiger partial charge in [0.25, 0.3) is 0 Å². The van der Waals surface area contributed by atoms with Crippen LogP contribution in [0.4, 0.5) is 0 Å². The first kappa shape index (κ1) is 14.4. The van der Waals surface area contributed by atoms with E-state index in [-0.39, 0.29) is 5.78 Å². The zero-order chi connectivity index (χ0) is 13.8. The molecule has 19 heavy (non-hydrogen) atoms. The second kappa shape index (κ2) is 6.44. The Kier molecular flexibility index (Phi) is 4.88. The van der Waals surface area contributed by atoms with Gasteiger partial charge in [-0.2, -0.15) is 0 Å². The Morgan fingerprint density at radius 3 is 2.74 bits per heavy atom. The molecule has 0 aliphatic heterocycles. The molecular formula is C15H13Br2NO. The van der Waals surface area contributed by atoms with Crippen molar-refractivity contribution in [3.05, 3.63) is 62.3 Å². The molecule has 0 amide bonds. The number of aromatic nitrogens is 1. The number of carbonyl (C=O) groups excluding carboxylic acids is 1. The highest BCUT2D eigenvalue weighted by Gasteiger charge is 2.14. The van der Waals surface area contributed by atoms with Crippen LogP contribution in [0.1, 0.15) is 35.0 Å². The second-order valence-corrected chi connectivity index (χ2v) is 6.03. The normalized spacial score (nSPS) is 10.5. The Labute approximate surface area is 129 Å². The molecule has 0 unspecified atom stereocenters. The van der Waals surface area contributed by atoms with Crippen molar-refractivity contribution >= 4 is 37.6 Å². The summed E-state index contributed by atoms with van der Waals surface area (Å²) in [5.41, 5.74) is 2.31. The fourth-order valence-corrected chi connectivity index (χ4v) is 3.04. The minimum Gasteiger partial charge on any atom is -0.287 e. The van der Waals surface area contributed by atoms with Gasteiger partial charge in [-0.1, -0.05) is 31.5 Å². The first-order chi connectivity index (χ1) is 9.11. The van der Waals surface area contributed by atoms with Crippen molar-refractivity contribution in [2.45, 2.75) is 19.8 Å². The quantitative estimate of drug-likeness (QED) is 0.711. The van der Waals surface area contributed by atoms with Gasteiger partial charge in [-0.3, -0.25) is 9.78 Å². The first-order valence-electron chi connectivity index (χ1n) is 6.06. The van der Waals surface area contributed by atoms with Crippen LogP contribution in [0.25, 0.3) is 0 Å². The van der Waals surface area contributed by atoms with E-state index in [9.17, 15) is 4.79 Å². The van der Waals surface area contributed by atoms with E-state index in [0.29, 0.717) is 15.7 Å². The van der Waals surface area contributed by atoms with Crippen molar-refractivity contribution in [2.75, 3.05) is 0 Å². The molecule has 0 N–H and O–H groups in total. The van der Waals surface area contributed by atoms with Crippen molar-refractivity contribution in [3.63, 3.8) is 0 Å². The average molecular weight is 383 g/mol. The van der Waals surface area contributed by atoms with Gasteiger partial charge in [-0.25, -0.2) is 0 Å². The molecule has 2 aromatic rings. The molecule has 2 nitrogen and oxygen atoms in total. The van der Waals surface area contributed by atoms with Gasteiger partial charge in [0.2, 0.25) is 5.78 Å². The van der Waals surface area contributed by atoms with Crippen LogP contribution in [0.3, 0.4) is 0 Å². The lowest BCUT2D eigenvalue weighted by Crippen LogP contribution is -2.05. The van der Waals surface area contributed by atoms with Gasteiger partial charge in [0.15, 0.2) is 0 Å². The third-order valence-electron chi connectivity index (χ3n) is 2.75. The highest BCUT2D eigenvalue weighted by molar-refractivity contribution is 9.11. The van der Waals surface area contributed by atoms with Crippen LogP contribution in [-0.4, -0.2) is 10.8 Å². The molecule has 1 heterocycles. The summed E-state index contributed by atoms with van der Waals surface area (Å²) in [6.07, 6.45) is 3.68. The molecule has 0 atom stereocenters. The van der Waals surface area contributed by atoms with Gasteiger partial charge in [0.1, 0.15) is 5.69 Å². The van der Waals surface area contributed by atoms with Gasteiger partial charge < -0.3 is 0 Å². The minimum atomic E-state index is -0.0580. The summed E-state index contributed by atoms with van der Waals surface area (Å²) < 4.78 is 1.54. The minimum absolute atomic E-state index is 0.0580. The van der Waals surface area contributed by atoms with E-state index >= 15 is 0 Å². The van der Waals surface area contributed by atoms with Gasteiger partial charge in [-0.05, 0) is 56.0 Å². The lowest BCUT2D eigenvalue weighted by molar-refractivity contribution is 0.103. The van der Waals surface area contributed by atoms with E-state index in [0.717, 1.165) is 17.3 Å². The van der Waals surface area contributed by atoms with Crippen molar-refractivity contribution in [3.8, 4) is 0 Å². The monoisotopic (exact) mass is 381 g/mol. The standard InChI is InChI=1S/C15H13Br2NO/c1-2-4-10-5-3-6-11(7-10)15(19)14-13(17)8-12(16)9-18-14/h3,5-9H,2,4H2,1H3. The molecule has 1 aromatic carbocycles. The van der Waals surface area contributed by atoms with Gasteiger partial charge in [0, 0.05) is 20.7 Å². The fourth-order valence-electron chi connectivity index (χ4n) is 1.88. The number of pyridine rings is 1. The Morgan fingerprint density at radius 1 is 1.26 bits per heavy atom. The number of hydrogen-bond donors (Lipinski definition) is 0. The molecule has 0 fully saturated rings. The maximum absolute atomic E-state index is 12.4. The van der Waals surface area contributed by atoms with Crippen LogP contribution in [0.5, 0.6) is 0 Å². The number of rotatable bonds is 4. The van der Waals surface area contributed by atoms with E-state index in [1.54, 1.807) is 6.20 Å². The molecule has 1 aromatic heterocycles. The Bertz CT molecular complexity index is 611. The van der Waals surface area contributed by atoms with Gasteiger partial charge in [-0.15, -0.1) is 0 Å². The second-order valence-electron chi connectivity index (χ2n) is 4.26. The first-order valence-corrected chi connectivity index (χ1v) is 7.65. The van der Waals surface area contributed by atoms with E-state index in [1.165, 1.54) is 5.56 Å². The predicted molar refractivity (Wildman–Crippen MR) is 83.5 cm³/mol. The summed E-state index contributed by atoms with van der Waals surface area (Å²) in [5.74, 6) is -0.0580. The fraction of sp³-hybridized carbons (Fsp3) is 0.200. The van der Waals surface area contributed by atoms with Crippen molar-refractivity contribution in [1.82, 2.24) is 4.98 Å². The Morgan fingerprint density at radius 2 is 2.05 bits per heavy atom. The number of benzene rings is 1. The summed E-state index contributed by atoms with van der Waals surface area (Å²) in [5, 5.41) is 0. The molecule has 0 aliphatic rings. The molecule has 0 aliphatic carbocycles. The number of nitrogens with zero attached hydrogens (tertiary/aromatic N) is 1. The topological polar surface area (TPSA) is 30.0 Å². The number of halogens is 2. The molecule has 0 spiro atoms. The molecule has 2 rings (SSSR count). The van der Waals surface area contributed by atoms with E-state index < -0.39 is 0 Å². The van der Waals surface area contributed by atoms with E-state index in [4.69, 9.17) is 0 Å². The van der Waals surface area contributed by atoms with E-state index in [1.807, 2.05) is 30.3 Å². The molecular weight excluding hydrogens is 370 g/mol. The third-order valence-corrected chi connectivity index (χ3v) is 3.79. The van der Waals surface area contributed by atoms with Crippen LogP contribution in [0.2, 0.25) is 0 Å². The smallest absolute Gasteiger partial charge is 0.212 e. The summed E-state index contributed by atoms with van der Waals surface area (Å²) in [6.45, 7) is 2.13. The molecule has 0 saturated heterocycles. The lowest BCUT2D eigenvalue weighted by atomic mass is 10.0. The van der Waals surface area contributed by atoms with Gasteiger partial charge >= 0.3 is 0 Å². The molecule has 0 saturated carbocycles. The highest BCUT2D eigenvalue weighted by atomic mass is 79.9. The summed E-state index contributed by atoms with van der Waals surface area (Å²) in [7, 11) is 0. The average Bonchev–Trinajstić information content (AvgIpc) is 2.39. The largest absolute Gasteiger partial charge is 0.287 e. The van der Waals surface area contributed by atoms with Crippen LogP contribution in [0, 0.1) is 0 Å². The molecule has 4 heteroatoms. The molecule has 0 bridgehead atoms. The number of carbonyl (C=O) groups is 1. The van der Waals surface area contributed by atoms with Crippen LogP contribution >= 0.6 is 31.9 Å².